The summed E-state index contributed by atoms with van der Waals surface area (Å²) in [6, 6.07) is 15.3. The Morgan fingerprint density at radius 1 is 1.06 bits per heavy atom. The molecule has 1 unspecified atom stereocenters. The van der Waals surface area contributed by atoms with Gasteiger partial charge in [-0.25, -0.2) is 0 Å². The molecule has 1 N–H and O–H groups in total. The van der Waals surface area contributed by atoms with Crippen molar-refractivity contribution < 1.29 is 0 Å². The molecule has 0 aliphatic heterocycles. The molecule has 0 aliphatic carbocycles. The van der Waals surface area contributed by atoms with E-state index in [1.165, 1.54) is 10.4 Å². The molecule has 1 nitrogen and oxygen atoms in total. The zero-order valence-electron chi connectivity index (χ0n) is 11.3. The van der Waals surface area contributed by atoms with Crippen LogP contribution in [-0.2, 0) is 0 Å². The van der Waals surface area contributed by atoms with E-state index in [1.807, 2.05) is 11.3 Å². The Morgan fingerprint density at radius 2 is 1.78 bits per heavy atom. The monoisotopic (exact) mass is 259 g/mol. The maximum Gasteiger partial charge on any atom is 0.0671 e. The first-order valence-corrected chi connectivity index (χ1v) is 7.26. The van der Waals surface area contributed by atoms with E-state index in [2.05, 4.69) is 73.9 Å². The maximum atomic E-state index is 3.69. The molecule has 0 amide bonds. The number of hydrogen-bond acceptors (Lipinski definition) is 2. The van der Waals surface area contributed by atoms with Crippen molar-refractivity contribution in [1.82, 2.24) is 5.32 Å². The van der Waals surface area contributed by atoms with Gasteiger partial charge >= 0.3 is 0 Å². The Balaban J connectivity index is 2.19. The summed E-state index contributed by atoms with van der Waals surface area (Å²) in [5.41, 5.74) is 1.63. The van der Waals surface area contributed by atoms with E-state index in [0.717, 1.165) is 6.54 Å². The third-order valence-electron chi connectivity index (χ3n) is 2.80. The standard InChI is InChI=1S/C16H21NS/c1-16(2,3)12-17-15(14-10-7-11-18-14)13-8-5-4-6-9-13/h4-11,15,17H,12H2,1-3H3. The van der Waals surface area contributed by atoms with E-state index in [-0.39, 0.29) is 0 Å². The van der Waals surface area contributed by atoms with Gasteiger partial charge in [-0.3, -0.25) is 0 Å². The molecule has 0 spiro atoms. The van der Waals surface area contributed by atoms with Gasteiger partial charge in [-0.2, -0.15) is 0 Å². The number of thiophene rings is 1. The van der Waals surface area contributed by atoms with Gasteiger partial charge in [0.25, 0.3) is 0 Å². The molecule has 1 heterocycles. The summed E-state index contributed by atoms with van der Waals surface area (Å²) in [6.45, 7) is 7.79. The highest BCUT2D eigenvalue weighted by molar-refractivity contribution is 7.10. The Kier molecular flexibility index (Phi) is 4.20. The molecule has 96 valence electrons. The summed E-state index contributed by atoms with van der Waals surface area (Å²) in [4.78, 5) is 1.38. The molecule has 1 aromatic heterocycles. The molecular formula is C16H21NS. The van der Waals surface area contributed by atoms with Crippen LogP contribution in [0.5, 0.6) is 0 Å². The van der Waals surface area contributed by atoms with Gasteiger partial charge in [-0.15, -0.1) is 11.3 Å². The molecule has 0 saturated carbocycles. The van der Waals surface area contributed by atoms with Crippen LogP contribution >= 0.6 is 11.3 Å². The van der Waals surface area contributed by atoms with E-state index in [4.69, 9.17) is 0 Å². The Hall–Kier alpha value is -1.12. The van der Waals surface area contributed by atoms with Gasteiger partial charge in [0, 0.05) is 11.4 Å². The third kappa shape index (κ3) is 3.69. The molecule has 0 aliphatic rings. The van der Waals surface area contributed by atoms with Crippen molar-refractivity contribution in [2.24, 2.45) is 5.41 Å². The molecule has 2 rings (SSSR count). The van der Waals surface area contributed by atoms with Gasteiger partial charge < -0.3 is 5.32 Å². The Morgan fingerprint density at radius 3 is 2.33 bits per heavy atom. The van der Waals surface area contributed by atoms with Crippen LogP contribution in [0, 0.1) is 5.41 Å². The Labute approximate surface area is 114 Å². The van der Waals surface area contributed by atoms with Crippen LogP contribution in [-0.4, -0.2) is 6.54 Å². The second-order valence-electron chi connectivity index (χ2n) is 5.80. The van der Waals surface area contributed by atoms with Crippen molar-refractivity contribution >= 4 is 11.3 Å². The van der Waals surface area contributed by atoms with Crippen LogP contribution in [0.1, 0.15) is 37.3 Å². The first-order chi connectivity index (χ1) is 8.56. The summed E-state index contributed by atoms with van der Waals surface area (Å²) < 4.78 is 0. The van der Waals surface area contributed by atoms with Gasteiger partial charge in [0.1, 0.15) is 0 Å². The van der Waals surface area contributed by atoms with Crippen molar-refractivity contribution in [1.29, 1.82) is 0 Å². The van der Waals surface area contributed by atoms with Gasteiger partial charge in [-0.05, 0) is 22.4 Å². The molecule has 0 saturated heterocycles. The first-order valence-electron chi connectivity index (χ1n) is 6.38. The molecule has 0 fully saturated rings. The fraction of sp³-hybridized carbons (Fsp3) is 0.375. The summed E-state index contributed by atoms with van der Waals surface area (Å²) in [5, 5.41) is 5.83. The lowest BCUT2D eigenvalue weighted by Crippen LogP contribution is -2.30. The van der Waals surface area contributed by atoms with Crippen LogP contribution in [0.2, 0.25) is 0 Å². The van der Waals surface area contributed by atoms with E-state index in [9.17, 15) is 0 Å². The van der Waals surface area contributed by atoms with E-state index in [1.54, 1.807) is 0 Å². The van der Waals surface area contributed by atoms with Crippen molar-refractivity contribution in [3.05, 3.63) is 58.3 Å². The molecule has 1 aromatic carbocycles. The zero-order valence-corrected chi connectivity index (χ0v) is 12.1. The average Bonchev–Trinajstić information content (AvgIpc) is 2.83. The van der Waals surface area contributed by atoms with Crippen molar-refractivity contribution in [2.75, 3.05) is 6.54 Å². The fourth-order valence-corrected chi connectivity index (χ4v) is 2.72. The second kappa shape index (κ2) is 5.68. The Bertz CT molecular complexity index is 454. The van der Waals surface area contributed by atoms with Crippen molar-refractivity contribution in [3.63, 3.8) is 0 Å². The van der Waals surface area contributed by atoms with Crippen LogP contribution in [0.25, 0.3) is 0 Å². The van der Waals surface area contributed by atoms with E-state index < -0.39 is 0 Å². The largest absolute Gasteiger partial charge is 0.305 e. The lowest BCUT2D eigenvalue weighted by molar-refractivity contribution is 0.367. The van der Waals surface area contributed by atoms with Crippen molar-refractivity contribution in [2.45, 2.75) is 26.8 Å². The maximum absolute atomic E-state index is 3.69. The summed E-state index contributed by atoms with van der Waals surface area (Å²) in [7, 11) is 0. The smallest absolute Gasteiger partial charge is 0.0671 e. The minimum atomic E-state index is 0.296. The van der Waals surface area contributed by atoms with E-state index in [0.29, 0.717) is 11.5 Å². The predicted molar refractivity (Wildman–Crippen MR) is 80.1 cm³/mol. The molecule has 2 aromatic rings. The molecule has 0 radical (unpaired) electrons. The number of nitrogens with one attached hydrogen (secondary N) is 1. The lowest BCUT2D eigenvalue weighted by atomic mass is 9.95. The molecule has 1 atom stereocenters. The minimum Gasteiger partial charge on any atom is -0.305 e. The quantitative estimate of drug-likeness (QED) is 0.854. The molecule has 18 heavy (non-hydrogen) atoms. The number of rotatable bonds is 4. The van der Waals surface area contributed by atoms with E-state index >= 15 is 0 Å². The van der Waals surface area contributed by atoms with Crippen LogP contribution < -0.4 is 5.32 Å². The SMILES string of the molecule is CC(C)(C)CNC(c1ccccc1)c1cccs1. The van der Waals surface area contributed by atoms with Gasteiger partial charge in [0.2, 0.25) is 0 Å². The second-order valence-corrected chi connectivity index (χ2v) is 6.78. The fourth-order valence-electron chi connectivity index (χ4n) is 1.89. The van der Waals surface area contributed by atoms with Gasteiger partial charge in [0.15, 0.2) is 0 Å². The normalized spacial score (nSPS) is 13.5. The summed E-state index contributed by atoms with van der Waals surface area (Å²) >= 11 is 1.81. The van der Waals surface area contributed by atoms with Gasteiger partial charge in [0.05, 0.1) is 6.04 Å². The number of benzene rings is 1. The molecule has 2 heteroatoms. The zero-order chi connectivity index (χ0) is 13.0. The highest BCUT2D eigenvalue weighted by Gasteiger charge is 2.18. The molecular weight excluding hydrogens is 238 g/mol. The summed E-state index contributed by atoms with van der Waals surface area (Å²) in [5.74, 6) is 0. The third-order valence-corrected chi connectivity index (χ3v) is 3.73. The number of hydrogen-bond donors (Lipinski definition) is 1. The predicted octanol–water partition coefficient (Wildman–Crippen LogP) is 4.47. The highest BCUT2D eigenvalue weighted by Crippen LogP contribution is 2.27. The minimum absolute atomic E-state index is 0.296. The van der Waals surface area contributed by atoms with Crippen LogP contribution in [0.4, 0.5) is 0 Å². The topological polar surface area (TPSA) is 12.0 Å². The molecule has 0 bridgehead atoms. The van der Waals surface area contributed by atoms with Crippen LogP contribution in [0.15, 0.2) is 47.8 Å². The first kappa shape index (κ1) is 13.3. The van der Waals surface area contributed by atoms with Crippen LogP contribution in [0.3, 0.4) is 0 Å². The van der Waals surface area contributed by atoms with Gasteiger partial charge in [-0.1, -0.05) is 57.2 Å². The highest BCUT2D eigenvalue weighted by atomic mass is 32.1. The van der Waals surface area contributed by atoms with Crippen molar-refractivity contribution in [3.8, 4) is 0 Å². The average molecular weight is 259 g/mol. The lowest BCUT2D eigenvalue weighted by Gasteiger charge is -2.24. The summed E-state index contributed by atoms with van der Waals surface area (Å²) in [6.07, 6.45) is 0.